The lowest BCUT2D eigenvalue weighted by Gasteiger charge is -2.24. The van der Waals surface area contributed by atoms with Gasteiger partial charge in [-0.1, -0.05) is 22.0 Å². The molecule has 2 heterocycles. The highest BCUT2D eigenvalue weighted by molar-refractivity contribution is 9.10. The van der Waals surface area contributed by atoms with Gasteiger partial charge in [0.05, 0.1) is 12.8 Å². The van der Waals surface area contributed by atoms with Crippen molar-refractivity contribution in [3.63, 3.8) is 0 Å². The molecule has 1 aromatic carbocycles. The maximum absolute atomic E-state index is 12.2. The van der Waals surface area contributed by atoms with Gasteiger partial charge >= 0.3 is 5.97 Å². The van der Waals surface area contributed by atoms with E-state index >= 15 is 0 Å². The molecule has 154 valence electrons. The van der Waals surface area contributed by atoms with Gasteiger partial charge in [0.25, 0.3) is 0 Å². The number of ether oxygens (including phenoxy) is 3. The zero-order chi connectivity index (χ0) is 20.8. The van der Waals surface area contributed by atoms with Gasteiger partial charge in [0.15, 0.2) is 12.4 Å². The number of methoxy groups -OCH3 is 1. The average Bonchev–Trinajstić information content (AvgIpc) is 3.15. The first-order valence-electron chi connectivity index (χ1n) is 9.24. The van der Waals surface area contributed by atoms with Gasteiger partial charge in [0.1, 0.15) is 17.1 Å². The van der Waals surface area contributed by atoms with Crippen LogP contribution in [-0.2, 0) is 16.0 Å². The highest BCUT2D eigenvalue weighted by Crippen LogP contribution is 2.30. The number of benzene rings is 1. The summed E-state index contributed by atoms with van der Waals surface area (Å²) in [5.74, 6) is 1.02. The molecule has 8 nitrogen and oxygen atoms in total. The molecule has 0 amide bonds. The standard InChI is InChI=1S/C20H23BrN4O4/c1-4-24(12-15-16(21)7-6-8-17(15)29-13-27-3)18-9-10-25-19(23-18)14(11-22-25)20(26)28-5-2/h6-11H,4-5,12-13H2,1-3H3. The van der Waals surface area contributed by atoms with Gasteiger partial charge in [-0.3, -0.25) is 0 Å². The summed E-state index contributed by atoms with van der Waals surface area (Å²) in [6.45, 7) is 5.53. The zero-order valence-electron chi connectivity index (χ0n) is 16.6. The first-order valence-corrected chi connectivity index (χ1v) is 10.0. The number of halogens is 1. The molecule has 0 spiro atoms. The molecule has 0 aliphatic carbocycles. The Labute approximate surface area is 177 Å². The zero-order valence-corrected chi connectivity index (χ0v) is 18.2. The van der Waals surface area contributed by atoms with Crippen molar-refractivity contribution in [2.24, 2.45) is 0 Å². The van der Waals surface area contributed by atoms with E-state index in [1.165, 1.54) is 6.20 Å². The van der Waals surface area contributed by atoms with Crippen molar-refractivity contribution in [1.82, 2.24) is 14.6 Å². The molecule has 3 rings (SSSR count). The van der Waals surface area contributed by atoms with Gasteiger partial charge in [-0.05, 0) is 32.0 Å². The third-order valence-corrected chi connectivity index (χ3v) is 5.06. The SMILES string of the molecule is CCOC(=O)c1cnn2ccc(N(CC)Cc3c(Br)cccc3OCOC)nc12. The number of fused-ring (bicyclic) bond motifs is 1. The molecule has 0 fully saturated rings. The second kappa shape index (κ2) is 9.71. The number of nitrogens with zero attached hydrogens (tertiary/aromatic N) is 4. The number of hydrogen-bond acceptors (Lipinski definition) is 7. The summed E-state index contributed by atoms with van der Waals surface area (Å²) >= 11 is 3.61. The predicted molar refractivity (Wildman–Crippen MR) is 112 cm³/mol. The van der Waals surface area contributed by atoms with Gasteiger partial charge in [-0.2, -0.15) is 5.10 Å². The van der Waals surface area contributed by atoms with Crippen LogP contribution in [0.5, 0.6) is 5.75 Å². The van der Waals surface area contributed by atoms with Crippen LogP contribution >= 0.6 is 15.9 Å². The van der Waals surface area contributed by atoms with Gasteiger partial charge in [0.2, 0.25) is 0 Å². The van der Waals surface area contributed by atoms with Crippen LogP contribution in [0, 0.1) is 0 Å². The number of anilines is 1. The van der Waals surface area contributed by atoms with Crippen LogP contribution in [0.25, 0.3) is 5.65 Å². The van der Waals surface area contributed by atoms with E-state index in [1.807, 2.05) is 31.2 Å². The molecule has 3 aromatic rings. The summed E-state index contributed by atoms with van der Waals surface area (Å²) in [5, 5.41) is 4.19. The average molecular weight is 463 g/mol. The summed E-state index contributed by atoms with van der Waals surface area (Å²) in [6.07, 6.45) is 3.26. The minimum absolute atomic E-state index is 0.165. The Kier molecular flexibility index (Phi) is 7.05. The lowest BCUT2D eigenvalue weighted by atomic mass is 10.2. The van der Waals surface area contributed by atoms with Crippen molar-refractivity contribution in [1.29, 1.82) is 0 Å². The molecule has 0 radical (unpaired) electrons. The van der Waals surface area contributed by atoms with Crippen LogP contribution in [-0.4, -0.2) is 47.6 Å². The molecule has 0 N–H and O–H groups in total. The Balaban J connectivity index is 1.94. The second-order valence-corrected chi connectivity index (χ2v) is 6.97. The van der Waals surface area contributed by atoms with E-state index in [0.29, 0.717) is 30.9 Å². The normalized spacial score (nSPS) is 10.9. The first kappa shape index (κ1) is 21.1. The number of carbonyl (C=O) groups is 1. The smallest absolute Gasteiger partial charge is 0.343 e. The van der Waals surface area contributed by atoms with E-state index < -0.39 is 5.97 Å². The topological polar surface area (TPSA) is 78.2 Å². The molecule has 0 aliphatic heterocycles. The number of hydrogen-bond donors (Lipinski definition) is 0. The Bertz CT molecular complexity index is 992. The summed E-state index contributed by atoms with van der Waals surface area (Å²) in [5.41, 5.74) is 1.78. The minimum Gasteiger partial charge on any atom is -0.467 e. The van der Waals surface area contributed by atoms with E-state index in [4.69, 9.17) is 14.2 Å². The van der Waals surface area contributed by atoms with Crippen molar-refractivity contribution < 1.29 is 19.0 Å². The molecular weight excluding hydrogens is 440 g/mol. The van der Waals surface area contributed by atoms with Crippen molar-refractivity contribution in [2.45, 2.75) is 20.4 Å². The van der Waals surface area contributed by atoms with Crippen LogP contribution in [0.1, 0.15) is 29.8 Å². The summed E-state index contributed by atoms with van der Waals surface area (Å²) in [4.78, 5) is 18.9. The largest absolute Gasteiger partial charge is 0.467 e. The molecule has 0 bridgehead atoms. The summed E-state index contributed by atoms with van der Waals surface area (Å²) < 4.78 is 18.3. The quantitative estimate of drug-likeness (QED) is 0.354. The Morgan fingerprint density at radius 2 is 2.10 bits per heavy atom. The summed E-state index contributed by atoms with van der Waals surface area (Å²) in [7, 11) is 1.59. The highest BCUT2D eigenvalue weighted by Gasteiger charge is 2.18. The molecule has 9 heteroatoms. The monoisotopic (exact) mass is 462 g/mol. The second-order valence-electron chi connectivity index (χ2n) is 6.11. The number of esters is 1. The molecule has 0 saturated heterocycles. The van der Waals surface area contributed by atoms with E-state index in [1.54, 1.807) is 24.7 Å². The van der Waals surface area contributed by atoms with Crippen LogP contribution in [0.2, 0.25) is 0 Å². The summed E-state index contributed by atoms with van der Waals surface area (Å²) in [6, 6.07) is 7.65. The van der Waals surface area contributed by atoms with Crippen molar-refractivity contribution >= 4 is 33.4 Å². The van der Waals surface area contributed by atoms with Gasteiger partial charge in [0, 0.05) is 36.4 Å². The fraction of sp³-hybridized carbons (Fsp3) is 0.350. The molecule has 2 aromatic heterocycles. The lowest BCUT2D eigenvalue weighted by molar-refractivity contribution is 0.0503. The number of aromatic nitrogens is 3. The maximum Gasteiger partial charge on any atom is 0.343 e. The molecular formula is C20H23BrN4O4. The molecule has 0 unspecified atom stereocenters. The number of rotatable bonds is 9. The van der Waals surface area contributed by atoms with Gasteiger partial charge in [-0.15, -0.1) is 0 Å². The molecule has 0 saturated carbocycles. The van der Waals surface area contributed by atoms with E-state index in [0.717, 1.165) is 21.6 Å². The maximum atomic E-state index is 12.2. The first-order chi connectivity index (χ1) is 14.1. The fourth-order valence-corrected chi connectivity index (χ4v) is 3.36. The predicted octanol–water partition coefficient (Wildman–Crippen LogP) is 3.68. The minimum atomic E-state index is -0.434. The molecule has 0 aliphatic rings. The van der Waals surface area contributed by atoms with Crippen molar-refractivity contribution in [2.75, 3.05) is 32.0 Å². The fourth-order valence-electron chi connectivity index (χ4n) is 2.88. The van der Waals surface area contributed by atoms with Crippen LogP contribution in [0.15, 0.2) is 41.1 Å². The highest BCUT2D eigenvalue weighted by atomic mass is 79.9. The van der Waals surface area contributed by atoms with Crippen molar-refractivity contribution in [3.8, 4) is 5.75 Å². The van der Waals surface area contributed by atoms with E-state index in [9.17, 15) is 4.79 Å². The Hall–Kier alpha value is -2.65. The molecule has 29 heavy (non-hydrogen) atoms. The number of carbonyl (C=O) groups excluding carboxylic acids is 1. The van der Waals surface area contributed by atoms with Gasteiger partial charge < -0.3 is 19.1 Å². The third kappa shape index (κ3) is 4.68. The lowest BCUT2D eigenvalue weighted by Crippen LogP contribution is -2.24. The van der Waals surface area contributed by atoms with Crippen LogP contribution < -0.4 is 9.64 Å². The molecule has 0 atom stereocenters. The Morgan fingerprint density at radius 3 is 2.83 bits per heavy atom. The van der Waals surface area contributed by atoms with E-state index in [-0.39, 0.29) is 6.79 Å². The third-order valence-electron chi connectivity index (χ3n) is 4.31. The Morgan fingerprint density at radius 1 is 1.28 bits per heavy atom. The van der Waals surface area contributed by atoms with Crippen molar-refractivity contribution in [3.05, 3.63) is 52.3 Å². The van der Waals surface area contributed by atoms with E-state index in [2.05, 4.69) is 30.9 Å². The van der Waals surface area contributed by atoms with Crippen LogP contribution in [0.4, 0.5) is 5.82 Å². The van der Waals surface area contributed by atoms with Crippen LogP contribution in [0.3, 0.4) is 0 Å². The van der Waals surface area contributed by atoms with Gasteiger partial charge in [-0.25, -0.2) is 14.3 Å².